The van der Waals surface area contributed by atoms with Crippen LogP contribution in [0.3, 0.4) is 0 Å². The maximum absolute atomic E-state index is 12.2. The molecule has 0 aromatic heterocycles. The quantitative estimate of drug-likeness (QED) is 0.773. The minimum absolute atomic E-state index is 0.0128. The summed E-state index contributed by atoms with van der Waals surface area (Å²) in [6, 6.07) is -0.917. The molecule has 0 aromatic rings. The summed E-state index contributed by atoms with van der Waals surface area (Å²) in [5.41, 5.74) is 0. The summed E-state index contributed by atoms with van der Waals surface area (Å²) in [5.74, 6) is -0.906. The number of carbonyl (C=O) groups is 2. The van der Waals surface area contributed by atoms with Gasteiger partial charge in [-0.1, -0.05) is 13.8 Å². The van der Waals surface area contributed by atoms with Gasteiger partial charge in [-0.2, -0.15) is 0 Å². The van der Waals surface area contributed by atoms with E-state index >= 15 is 0 Å². The lowest BCUT2D eigenvalue weighted by atomic mass is 10.0. The first-order valence-corrected chi connectivity index (χ1v) is 7.51. The third-order valence-corrected chi connectivity index (χ3v) is 3.85. The number of nitrogens with zero attached hydrogens (tertiary/aromatic N) is 2. The summed E-state index contributed by atoms with van der Waals surface area (Å²) in [6.45, 7) is 9.32. The third-order valence-electron chi connectivity index (χ3n) is 3.85. The highest BCUT2D eigenvalue weighted by molar-refractivity contribution is 5.83. The summed E-state index contributed by atoms with van der Waals surface area (Å²) >= 11 is 0. The van der Waals surface area contributed by atoms with Crippen LogP contribution in [0.25, 0.3) is 0 Å². The zero-order valence-corrected chi connectivity index (χ0v) is 12.8. The first-order valence-electron chi connectivity index (χ1n) is 7.51. The zero-order valence-electron chi connectivity index (χ0n) is 12.8. The summed E-state index contributed by atoms with van der Waals surface area (Å²) in [4.78, 5) is 27.1. The lowest BCUT2D eigenvalue weighted by Crippen LogP contribution is -2.54. The molecule has 1 heterocycles. The summed E-state index contributed by atoms with van der Waals surface area (Å²) < 4.78 is 0. The largest absolute Gasteiger partial charge is 0.480 e. The van der Waals surface area contributed by atoms with Gasteiger partial charge in [-0.25, -0.2) is 9.59 Å². The van der Waals surface area contributed by atoms with Crippen molar-refractivity contribution in [3.63, 3.8) is 0 Å². The Labute approximate surface area is 121 Å². The van der Waals surface area contributed by atoms with Crippen LogP contribution in [0.15, 0.2) is 0 Å². The summed E-state index contributed by atoms with van der Waals surface area (Å²) in [5, 5.41) is 12.1. The maximum Gasteiger partial charge on any atom is 0.326 e. The van der Waals surface area contributed by atoms with Crippen molar-refractivity contribution in [1.29, 1.82) is 0 Å². The fraction of sp³-hybridized carbons (Fsp3) is 0.857. The Morgan fingerprint density at radius 2 is 2.00 bits per heavy atom. The van der Waals surface area contributed by atoms with E-state index in [1.54, 1.807) is 0 Å². The van der Waals surface area contributed by atoms with Crippen LogP contribution in [0.4, 0.5) is 4.79 Å². The summed E-state index contributed by atoms with van der Waals surface area (Å²) in [6.07, 6.45) is 2.30. The molecule has 2 amide bonds. The van der Waals surface area contributed by atoms with Gasteiger partial charge in [0.2, 0.25) is 0 Å². The molecule has 1 aliphatic heterocycles. The smallest absolute Gasteiger partial charge is 0.326 e. The van der Waals surface area contributed by atoms with Gasteiger partial charge >= 0.3 is 12.0 Å². The minimum atomic E-state index is -0.906. The first kappa shape index (κ1) is 16.8. The predicted molar refractivity (Wildman–Crippen MR) is 77.8 cm³/mol. The fourth-order valence-corrected chi connectivity index (χ4v) is 2.64. The molecule has 1 fully saturated rings. The first-order chi connectivity index (χ1) is 9.49. The van der Waals surface area contributed by atoms with E-state index < -0.39 is 12.0 Å². The number of likely N-dealkylation sites (N-methyl/N-ethyl adjacent to an activating group) is 1. The lowest BCUT2D eigenvalue weighted by molar-refractivity contribution is -0.143. The number of carboxylic acids is 1. The second kappa shape index (κ2) is 8.09. The average molecular weight is 285 g/mol. The van der Waals surface area contributed by atoms with Crippen molar-refractivity contribution >= 4 is 12.0 Å². The Bertz CT molecular complexity index is 332. The number of likely N-dealkylation sites (tertiary alicyclic amines) is 1. The molecule has 0 bridgehead atoms. The minimum Gasteiger partial charge on any atom is -0.480 e. The van der Waals surface area contributed by atoms with E-state index in [2.05, 4.69) is 24.1 Å². The van der Waals surface area contributed by atoms with Crippen LogP contribution in [0.5, 0.6) is 0 Å². The molecule has 116 valence electrons. The van der Waals surface area contributed by atoms with E-state index in [0.29, 0.717) is 13.0 Å². The molecule has 20 heavy (non-hydrogen) atoms. The molecule has 1 saturated heterocycles. The van der Waals surface area contributed by atoms with Crippen molar-refractivity contribution < 1.29 is 14.7 Å². The highest BCUT2D eigenvalue weighted by Crippen LogP contribution is 2.17. The Hall–Kier alpha value is -1.30. The molecule has 0 aliphatic carbocycles. The van der Waals surface area contributed by atoms with Crippen molar-refractivity contribution in [2.75, 3.05) is 26.2 Å². The van der Waals surface area contributed by atoms with Gasteiger partial charge < -0.3 is 20.2 Å². The van der Waals surface area contributed by atoms with Crippen molar-refractivity contribution in [2.24, 2.45) is 0 Å². The molecule has 1 rings (SSSR count). The third kappa shape index (κ3) is 4.67. The van der Waals surface area contributed by atoms with E-state index in [4.69, 9.17) is 0 Å². The molecular weight excluding hydrogens is 258 g/mol. The van der Waals surface area contributed by atoms with Gasteiger partial charge in [0, 0.05) is 19.1 Å². The number of piperidine rings is 1. The second-order valence-corrected chi connectivity index (χ2v) is 5.38. The number of amides is 2. The van der Waals surface area contributed by atoms with E-state index in [1.807, 2.05) is 6.92 Å². The lowest BCUT2D eigenvalue weighted by Gasteiger charge is -2.34. The van der Waals surface area contributed by atoms with Crippen LogP contribution in [-0.4, -0.2) is 65.2 Å². The van der Waals surface area contributed by atoms with Gasteiger partial charge in [-0.05, 0) is 39.3 Å². The van der Waals surface area contributed by atoms with Crippen LogP contribution >= 0.6 is 0 Å². The highest BCUT2D eigenvalue weighted by atomic mass is 16.4. The van der Waals surface area contributed by atoms with Crippen LogP contribution < -0.4 is 5.32 Å². The van der Waals surface area contributed by atoms with Crippen molar-refractivity contribution in [3.8, 4) is 0 Å². The Morgan fingerprint density at radius 1 is 1.35 bits per heavy atom. The molecule has 1 aliphatic rings. The molecule has 0 spiro atoms. The standard InChI is InChI=1S/C14H27N3O3/c1-4-16(5-2)10-11(3)15-14(20)17-9-7-6-8-12(17)13(18)19/h11-12H,4-10H2,1-3H3,(H,15,20)(H,18,19). The van der Waals surface area contributed by atoms with Gasteiger partial charge in [-0.3, -0.25) is 0 Å². The molecule has 2 N–H and O–H groups in total. The van der Waals surface area contributed by atoms with E-state index in [-0.39, 0.29) is 12.1 Å². The molecule has 2 unspecified atom stereocenters. The summed E-state index contributed by atoms with van der Waals surface area (Å²) in [7, 11) is 0. The Morgan fingerprint density at radius 3 is 2.55 bits per heavy atom. The number of nitrogens with one attached hydrogen (secondary N) is 1. The van der Waals surface area contributed by atoms with Gasteiger partial charge in [0.05, 0.1) is 0 Å². The molecular formula is C14H27N3O3. The van der Waals surface area contributed by atoms with Crippen molar-refractivity contribution in [1.82, 2.24) is 15.1 Å². The number of carboxylic acid groups (broad SMARTS) is 1. The van der Waals surface area contributed by atoms with Crippen molar-refractivity contribution in [2.45, 2.75) is 52.1 Å². The topological polar surface area (TPSA) is 72.9 Å². The number of aliphatic carboxylic acids is 1. The number of rotatable bonds is 6. The second-order valence-electron chi connectivity index (χ2n) is 5.38. The SMILES string of the molecule is CCN(CC)CC(C)NC(=O)N1CCCCC1C(=O)O. The van der Waals surface area contributed by atoms with Gasteiger partial charge in [-0.15, -0.1) is 0 Å². The van der Waals surface area contributed by atoms with Crippen LogP contribution in [-0.2, 0) is 4.79 Å². The Balaban J connectivity index is 2.53. The van der Waals surface area contributed by atoms with E-state index in [1.165, 1.54) is 4.90 Å². The molecule has 6 heteroatoms. The van der Waals surface area contributed by atoms with Crippen LogP contribution in [0.2, 0.25) is 0 Å². The molecule has 6 nitrogen and oxygen atoms in total. The zero-order chi connectivity index (χ0) is 15.1. The predicted octanol–water partition coefficient (Wildman–Crippen LogP) is 1.37. The van der Waals surface area contributed by atoms with Gasteiger partial charge in [0.15, 0.2) is 0 Å². The number of carbonyl (C=O) groups excluding carboxylic acids is 1. The number of urea groups is 1. The average Bonchev–Trinajstić information content (AvgIpc) is 2.44. The number of hydrogen-bond donors (Lipinski definition) is 2. The number of hydrogen-bond acceptors (Lipinski definition) is 3. The van der Waals surface area contributed by atoms with E-state index in [9.17, 15) is 14.7 Å². The molecule has 2 atom stereocenters. The van der Waals surface area contributed by atoms with Crippen LogP contribution in [0.1, 0.15) is 40.0 Å². The normalized spacial score (nSPS) is 20.8. The molecule has 0 aromatic carbocycles. The van der Waals surface area contributed by atoms with Gasteiger partial charge in [0.1, 0.15) is 6.04 Å². The highest BCUT2D eigenvalue weighted by Gasteiger charge is 2.32. The van der Waals surface area contributed by atoms with Gasteiger partial charge in [0.25, 0.3) is 0 Å². The van der Waals surface area contributed by atoms with Crippen LogP contribution in [0, 0.1) is 0 Å². The van der Waals surface area contributed by atoms with E-state index in [0.717, 1.165) is 32.5 Å². The monoisotopic (exact) mass is 285 g/mol. The fourth-order valence-electron chi connectivity index (χ4n) is 2.64. The van der Waals surface area contributed by atoms with Crippen molar-refractivity contribution in [3.05, 3.63) is 0 Å². The Kier molecular flexibility index (Phi) is 6.78. The maximum atomic E-state index is 12.2. The molecule has 0 radical (unpaired) electrons. The molecule has 0 saturated carbocycles.